The van der Waals surface area contributed by atoms with Gasteiger partial charge in [0.1, 0.15) is 0 Å². The molecule has 0 saturated heterocycles. The van der Waals surface area contributed by atoms with Crippen molar-refractivity contribution < 1.29 is 4.74 Å². The first-order valence-electron chi connectivity index (χ1n) is 4.12. The van der Waals surface area contributed by atoms with E-state index in [1.54, 1.807) is 0 Å². The van der Waals surface area contributed by atoms with Crippen LogP contribution in [0.5, 0.6) is 5.88 Å². The molecule has 0 aromatic carbocycles. The molecule has 1 heterocycles. The Kier molecular flexibility index (Phi) is 1.60. The second kappa shape index (κ2) is 2.61. The molecule has 0 unspecified atom stereocenters. The van der Waals surface area contributed by atoms with Gasteiger partial charge >= 0.3 is 0 Å². The van der Waals surface area contributed by atoms with Crippen molar-refractivity contribution in [3.63, 3.8) is 0 Å². The summed E-state index contributed by atoms with van der Waals surface area (Å²) in [6.45, 7) is 2.94. The van der Waals surface area contributed by atoms with Crippen LogP contribution in [-0.2, 0) is 0 Å². The maximum atomic E-state index is 5.50. The van der Waals surface area contributed by atoms with E-state index in [-0.39, 0.29) is 0 Å². The van der Waals surface area contributed by atoms with Gasteiger partial charge in [0.05, 0.1) is 6.61 Å². The predicted molar refractivity (Wildman–Crippen MR) is 43.7 cm³/mol. The van der Waals surface area contributed by atoms with E-state index < -0.39 is 0 Å². The summed E-state index contributed by atoms with van der Waals surface area (Å²) in [6.07, 6.45) is 4.65. The lowest BCUT2D eigenvalue weighted by molar-refractivity contribution is 0.290. The first kappa shape index (κ1) is 6.77. The summed E-state index contributed by atoms with van der Waals surface area (Å²) < 4.78 is 5.50. The molecular formula is C9H13NO. The lowest BCUT2D eigenvalue weighted by Crippen LogP contribution is -1.98. The first-order chi connectivity index (χ1) is 5.34. The summed E-state index contributed by atoms with van der Waals surface area (Å²) in [6, 6.07) is 2.03. The van der Waals surface area contributed by atoms with Crippen LogP contribution < -0.4 is 4.74 Å². The van der Waals surface area contributed by atoms with Crippen LogP contribution in [0.3, 0.4) is 0 Å². The topological polar surface area (TPSA) is 25.0 Å². The average Bonchev–Trinajstić information content (AvgIpc) is 2.72. The Hall–Kier alpha value is -0.920. The van der Waals surface area contributed by atoms with E-state index in [1.165, 1.54) is 18.4 Å². The second-order valence-corrected chi connectivity index (χ2v) is 3.30. The van der Waals surface area contributed by atoms with E-state index in [1.807, 2.05) is 12.3 Å². The third-order valence-electron chi connectivity index (χ3n) is 1.97. The highest BCUT2D eigenvalue weighted by molar-refractivity contribution is 5.19. The van der Waals surface area contributed by atoms with Gasteiger partial charge in [-0.3, -0.25) is 0 Å². The molecule has 1 aliphatic rings. The van der Waals surface area contributed by atoms with Gasteiger partial charge in [0.25, 0.3) is 0 Å². The van der Waals surface area contributed by atoms with E-state index in [2.05, 4.69) is 11.9 Å². The minimum absolute atomic E-state index is 0.832. The SMILES string of the molecule is Cc1c[nH]c(OCC2CC2)c1. The lowest BCUT2D eigenvalue weighted by Gasteiger charge is -1.99. The van der Waals surface area contributed by atoms with Crippen molar-refractivity contribution in [2.45, 2.75) is 19.8 Å². The Balaban J connectivity index is 1.85. The molecule has 2 rings (SSSR count). The monoisotopic (exact) mass is 151 g/mol. The molecule has 1 saturated carbocycles. The van der Waals surface area contributed by atoms with Crippen LogP contribution in [-0.4, -0.2) is 11.6 Å². The lowest BCUT2D eigenvalue weighted by atomic mass is 10.4. The van der Waals surface area contributed by atoms with Crippen molar-refractivity contribution in [3.05, 3.63) is 17.8 Å². The average molecular weight is 151 g/mol. The predicted octanol–water partition coefficient (Wildman–Crippen LogP) is 2.11. The van der Waals surface area contributed by atoms with E-state index in [4.69, 9.17) is 4.74 Å². The Labute approximate surface area is 66.6 Å². The number of aromatic nitrogens is 1. The molecular weight excluding hydrogens is 138 g/mol. The smallest absolute Gasteiger partial charge is 0.190 e. The van der Waals surface area contributed by atoms with Crippen LogP contribution in [0.25, 0.3) is 0 Å². The highest BCUT2D eigenvalue weighted by atomic mass is 16.5. The molecule has 0 radical (unpaired) electrons. The molecule has 11 heavy (non-hydrogen) atoms. The number of hydrogen-bond donors (Lipinski definition) is 1. The fraction of sp³-hybridized carbons (Fsp3) is 0.556. The molecule has 2 heteroatoms. The van der Waals surface area contributed by atoms with Crippen molar-refractivity contribution in [1.29, 1.82) is 0 Å². The zero-order chi connectivity index (χ0) is 7.68. The van der Waals surface area contributed by atoms with E-state index >= 15 is 0 Å². The third-order valence-corrected chi connectivity index (χ3v) is 1.97. The summed E-state index contributed by atoms with van der Waals surface area (Å²) >= 11 is 0. The van der Waals surface area contributed by atoms with Crippen molar-refractivity contribution >= 4 is 0 Å². The molecule has 0 aliphatic heterocycles. The molecule has 1 fully saturated rings. The Morgan fingerprint density at radius 3 is 3.00 bits per heavy atom. The molecule has 0 amide bonds. The van der Waals surface area contributed by atoms with Gasteiger partial charge < -0.3 is 9.72 Å². The van der Waals surface area contributed by atoms with Crippen LogP contribution in [0, 0.1) is 12.8 Å². The number of aryl methyl sites for hydroxylation is 1. The molecule has 60 valence electrons. The van der Waals surface area contributed by atoms with Crippen LogP contribution in [0.4, 0.5) is 0 Å². The Morgan fingerprint density at radius 1 is 1.64 bits per heavy atom. The molecule has 1 aromatic rings. The van der Waals surface area contributed by atoms with Crippen molar-refractivity contribution in [3.8, 4) is 5.88 Å². The summed E-state index contributed by atoms with van der Waals surface area (Å²) in [4.78, 5) is 3.07. The van der Waals surface area contributed by atoms with Crippen LogP contribution >= 0.6 is 0 Å². The Bertz CT molecular complexity index is 237. The number of nitrogens with one attached hydrogen (secondary N) is 1. The Morgan fingerprint density at radius 2 is 2.45 bits per heavy atom. The molecule has 2 nitrogen and oxygen atoms in total. The first-order valence-corrected chi connectivity index (χ1v) is 4.12. The minimum Gasteiger partial charge on any atom is -0.479 e. The highest BCUT2D eigenvalue weighted by Crippen LogP contribution is 2.29. The molecule has 0 atom stereocenters. The second-order valence-electron chi connectivity index (χ2n) is 3.30. The van der Waals surface area contributed by atoms with Gasteiger partial charge in [-0.1, -0.05) is 0 Å². The van der Waals surface area contributed by atoms with Crippen molar-refractivity contribution in [1.82, 2.24) is 4.98 Å². The number of rotatable bonds is 3. The summed E-state index contributed by atoms with van der Waals surface area (Å²) in [5.41, 5.74) is 1.23. The van der Waals surface area contributed by atoms with Gasteiger partial charge in [0.15, 0.2) is 5.88 Å². The standard InChI is InChI=1S/C9H13NO/c1-7-4-9(10-5-7)11-6-8-2-3-8/h4-5,8,10H,2-3,6H2,1H3. The van der Waals surface area contributed by atoms with Gasteiger partial charge in [0, 0.05) is 12.3 Å². The summed E-state index contributed by atoms with van der Waals surface area (Å²) in [5.74, 6) is 1.74. The van der Waals surface area contributed by atoms with E-state index in [0.717, 1.165) is 18.4 Å². The highest BCUT2D eigenvalue weighted by Gasteiger charge is 2.21. The van der Waals surface area contributed by atoms with Gasteiger partial charge in [-0.05, 0) is 31.2 Å². The van der Waals surface area contributed by atoms with Crippen LogP contribution in [0.1, 0.15) is 18.4 Å². The van der Waals surface area contributed by atoms with Crippen molar-refractivity contribution in [2.24, 2.45) is 5.92 Å². The normalized spacial score (nSPS) is 16.8. The number of H-pyrrole nitrogens is 1. The molecule has 0 spiro atoms. The van der Waals surface area contributed by atoms with E-state index in [0.29, 0.717) is 0 Å². The van der Waals surface area contributed by atoms with Crippen LogP contribution in [0.15, 0.2) is 12.3 Å². The van der Waals surface area contributed by atoms with Gasteiger partial charge in [-0.15, -0.1) is 0 Å². The van der Waals surface area contributed by atoms with Gasteiger partial charge in [-0.25, -0.2) is 0 Å². The maximum absolute atomic E-state index is 5.50. The maximum Gasteiger partial charge on any atom is 0.190 e. The largest absolute Gasteiger partial charge is 0.479 e. The fourth-order valence-electron chi connectivity index (χ4n) is 1.05. The summed E-state index contributed by atoms with van der Waals surface area (Å²) in [7, 11) is 0. The number of hydrogen-bond acceptors (Lipinski definition) is 1. The number of ether oxygens (including phenoxy) is 1. The quantitative estimate of drug-likeness (QED) is 0.703. The molecule has 1 aromatic heterocycles. The fourth-order valence-corrected chi connectivity index (χ4v) is 1.05. The zero-order valence-corrected chi connectivity index (χ0v) is 6.76. The molecule has 0 bridgehead atoms. The third kappa shape index (κ3) is 1.76. The molecule has 1 N–H and O–H groups in total. The van der Waals surface area contributed by atoms with Gasteiger partial charge in [-0.2, -0.15) is 0 Å². The minimum atomic E-state index is 0.832. The van der Waals surface area contributed by atoms with Crippen LogP contribution in [0.2, 0.25) is 0 Å². The van der Waals surface area contributed by atoms with E-state index in [9.17, 15) is 0 Å². The zero-order valence-electron chi connectivity index (χ0n) is 6.76. The van der Waals surface area contributed by atoms with Gasteiger partial charge in [0.2, 0.25) is 0 Å². The molecule has 1 aliphatic carbocycles. The van der Waals surface area contributed by atoms with Crippen molar-refractivity contribution in [2.75, 3.05) is 6.61 Å². The number of aromatic amines is 1. The summed E-state index contributed by atoms with van der Waals surface area (Å²) in [5, 5.41) is 0.